The Bertz CT molecular complexity index is 651. The van der Waals surface area contributed by atoms with Crippen molar-refractivity contribution in [1.29, 1.82) is 0 Å². The number of morpholine rings is 1. The molecule has 7 heteroatoms. The van der Waals surface area contributed by atoms with E-state index in [9.17, 15) is 9.59 Å². The molecular formula is C19H25CaNO5. The average Bonchev–Trinajstić information content (AvgIpc) is 3.34. The van der Waals surface area contributed by atoms with Crippen molar-refractivity contribution in [3.63, 3.8) is 0 Å². The van der Waals surface area contributed by atoms with Gasteiger partial charge in [-0.1, -0.05) is 30.3 Å². The molecule has 0 N–H and O–H groups in total. The number of esters is 2. The van der Waals surface area contributed by atoms with Crippen LogP contribution in [0.5, 0.6) is 0 Å². The Balaban J connectivity index is 0.00000196. The maximum absolute atomic E-state index is 12.8. The Morgan fingerprint density at radius 3 is 2.38 bits per heavy atom. The predicted molar refractivity (Wildman–Crippen MR) is 97.5 cm³/mol. The fraction of sp³-hybridized carbons (Fsp3) is 0.579. The van der Waals surface area contributed by atoms with Crippen LogP contribution in [-0.4, -0.2) is 98.6 Å². The van der Waals surface area contributed by atoms with E-state index in [0.29, 0.717) is 24.3 Å². The van der Waals surface area contributed by atoms with Gasteiger partial charge >= 0.3 is 49.7 Å². The van der Waals surface area contributed by atoms with Crippen LogP contribution < -0.4 is 0 Å². The molecular weight excluding hydrogens is 362 g/mol. The van der Waals surface area contributed by atoms with Gasteiger partial charge in [-0.15, -0.1) is 0 Å². The van der Waals surface area contributed by atoms with Crippen LogP contribution in [0.1, 0.15) is 31.2 Å². The average molecular weight is 387 g/mol. The number of nitrogens with zero attached hydrogens (tertiary/aromatic N) is 1. The number of epoxide rings is 1. The van der Waals surface area contributed by atoms with Gasteiger partial charge in [-0.05, 0) is 12.6 Å². The van der Waals surface area contributed by atoms with E-state index in [1.165, 1.54) is 6.92 Å². The van der Waals surface area contributed by atoms with Gasteiger partial charge < -0.3 is 14.2 Å². The maximum atomic E-state index is 12.8. The Labute approximate surface area is 183 Å². The van der Waals surface area contributed by atoms with Crippen molar-refractivity contribution in [2.45, 2.75) is 56.1 Å². The number of fused-ring (bicyclic) bond motifs is 5. The molecule has 26 heavy (non-hydrogen) atoms. The van der Waals surface area contributed by atoms with Gasteiger partial charge in [0.2, 0.25) is 0 Å². The number of ether oxygens (including phenoxy) is 3. The molecule has 1 aromatic carbocycles. The molecule has 3 saturated heterocycles. The zero-order valence-corrected chi connectivity index (χ0v) is 14.5. The first-order valence-electron chi connectivity index (χ1n) is 8.81. The van der Waals surface area contributed by atoms with Crippen LogP contribution in [0.4, 0.5) is 0 Å². The number of likely N-dealkylation sites (N-methyl/N-ethyl adjacent to an activating group) is 1. The second kappa shape index (κ2) is 8.15. The van der Waals surface area contributed by atoms with Crippen molar-refractivity contribution in [2.75, 3.05) is 13.7 Å². The first kappa shape index (κ1) is 20.1. The molecule has 3 aliphatic rings. The second-order valence-electron chi connectivity index (χ2n) is 7.16. The van der Waals surface area contributed by atoms with E-state index < -0.39 is 11.9 Å². The van der Waals surface area contributed by atoms with Crippen molar-refractivity contribution in [3.8, 4) is 0 Å². The summed E-state index contributed by atoms with van der Waals surface area (Å²) in [7, 11) is 2.12. The van der Waals surface area contributed by atoms with Gasteiger partial charge in [0.25, 0.3) is 0 Å². The molecule has 138 valence electrons. The van der Waals surface area contributed by atoms with E-state index in [4.69, 9.17) is 14.2 Å². The molecule has 0 spiro atoms. The third-order valence-electron chi connectivity index (χ3n) is 5.60. The van der Waals surface area contributed by atoms with E-state index in [1.807, 2.05) is 30.3 Å². The van der Waals surface area contributed by atoms with Gasteiger partial charge in [0.1, 0.15) is 30.8 Å². The van der Waals surface area contributed by atoms with Crippen LogP contribution >= 0.6 is 0 Å². The van der Waals surface area contributed by atoms with Crippen LogP contribution in [0, 0.1) is 0 Å². The molecule has 0 radical (unpaired) electrons. The third kappa shape index (κ3) is 3.94. The molecule has 0 aliphatic carbocycles. The summed E-state index contributed by atoms with van der Waals surface area (Å²) in [5.41, 5.74) is 0.802. The van der Waals surface area contributed by atoms with Gasteiger partial charge in [-0.25, -0.2) is 0 Å². The Morgan fingerprint density at radius 2 is 1.81 bits per heavy atom. The molecule has 2 bridgehead atoms. The molecule has 6 atom stereocenters. The van der Waals surface area contributed by atoms with Gasteiger partial charge in [0.15, 0.2) is 0 Å². The van der Waals surface area contributed by atoms with Crippen LogP contribution in [0.15, 0.2) is 30.3 Å². The number of benzene rings is 1. The summed E-state index contributed by atoms with van der Waals surface area (Å²) in [5.74, 6) is -1.31. The van der Waals surface area contributed by atoms with Crippen LogP contribution in [-0.2, 0) is 23.8 Å². The Kier molecular flexibility index (Phi) is 6.29. The molecule has 0 saturated carbocycles. The quantitative estimate of drug-likeness (QED) is 0.418. The van der Waals surface area contributed by atoms with Crippen LogP contribution in [0.2, 0.25) is 0 Å². The molecule has 4 rings (SSSR count). The fourth-order valence-corrected chi connectivity index (χ4v) is 4.23. The van der Waals surface area contributed by atoms with Gasteiger partial charge in [-0.3, -0.25) is 14.5 Å². The number of rotatable bonds is 5. The van der Waals surface area contributed by atoms with Gasteiger partial charge in [0, 0.05) is 31.8 Å². The topological polar surface area (TPSA) is 68.4 Å². The zero-order valence-electron chi connectivity index (χ0n) is 14.5. The molecule has 6 nitrogen and oxygen atoms in total. The monoisotopic (exact) mass is 387 g/mol. The van der Waals surface area contributed by atoms with Crippen molar-refractivity contribution < 1.29 is 23.8 Å². The summed E-state index contributed by atoms with van der Waals surface area (Å²) in [4.78, 5) is 26.3. The summed E-state index contributed by atoms with van der Waals surface area (Å²) in [6.07, 6.45) is 2.12. The first-order chi connectivity index (χ1) is 12.0. The molecule has 3 fully saturated rings. The Morgan fingerprint density at radius 1 is 1.19 bits per heavy atom. The summed E-state index contributed by atoms with van der Waals surface area (Å²) in [6, 6.07) is 10.0. The number of piperidine rings is 1. The predicted octanol–water partition coefficient (Wildman–Crippen LogP) is 0.573. The number of carbonyl (C=O) groups is 2. The van der Waals surface area contributed by atoms with Crippen LogP contribution in [0.3, 0.4) is 0 Å². The van der Waals surface area contributed by atoms with Crippen molar-refractivity contribution in [1.82, 2.24) is 4.90 Å². The van der Waals surface area contributed by atoms with Crippen molar-refractivity contribution in [3.05, 3.63) is 35.9 Å². The van der Waals surface area contributed by atoms with Gasteiger partial charge in [0.05, 0.1) is 0 Å². The fourth-order valence-electron chi connectivity index (χ4n) is 4.23. The Hall–Kier alpha value is -0.660. The summed E-state index contributed by atoms with van der Waals surface area (Å²) in [6.45, 7) is 1.35. The van der Waals surface area contributed by atoms with E-state index >= 15 is 0 Å². The van der Waals surface area contributed by atoms with Crippen molar-refractivity contribution in [2.24, 2.45) is 0 Å². The molecule has 3 heterocycles. The van der Waals surface area contributed by atoms with E-state index in [-0.39, 0.29) is 56.4 Å². The summed E-state index contributed by atoms with van der Waals surface area (Å²) >= 11 is 0. The summed E-state index contributed by atoms with van der Waals surface area (Å²) in [5, 5.41) is 0. The minimum atomic E-state index is -0.590. The molecule has 3 aliphatic heterocycles. The number of carbonyl (C=O) groups excluding carboxylic acids is 2. The van der Waals surface area contributed by atoms with Gasteiger partial charge in [-0.2, -0.15) is 0 Å². The number of hydrogen-bond acceptors (Lipinski definition) is 6. The zero-order chi connectivity index (χ0) is 17.6. The third-order valence-corrected chi connectivity index (χ3v) is 5.60. The van der Waals surface area contributed by atoms with Crippen molar-refractivity contribution >= 4 is 49.7 Å². The SMILES string of the molecule is CC(=O)OC[C@@H](C(=O)O[C@@H]1C[C@@H]2[C@H]3O[C@H]3[C@H](C1)N2C)c1ccccc1.[CaH2]. The standard InChI is InChI=1S/C19H23NO5.Ca.2H/c1-11(21)23-10-14(12-6-4-3-5-7-12)19(22)24-13-8-15-17-18(25-17)16(9-13)20(15)2;;;/h3-7,13-18H,8-10H2,1-2H3;;;/t13-,14-,15-,16+,17-,18+;;;/m1.../s1. The van der Waals surface area contributed by atoms with E-state index in [0.717, 1.165) is 18.4 Å². The van der Waals surface area contributed by atoms with Crippen LogP contribution in [0.25, 0.3) is 0 Å². The first-order valence-corrected chi connectivity index (χ1v) is 8.81. The molecule has 0 amide bonds. The molecule has 0 unspecified atom stereocenters. The summed E-state index contributed by atoms with van der Waals surface area (Å²) < 4.78 is 16.6. The number of hydrogen-bond donors (Lipinski definition) is 0. The van der Waals surface area contributed by atoms with E-state index in [2.05, 4.69) is 11.9 Å². The van der Waals surface area contributed by atoms with E-state index in [1.54, 1.807) is 0 Å². The molecule has 1 aromatic rings. The normalized spacial score (nSPS) is 32.8. The molecule has 0 aromatic heterocycles. The minimum absolute atomic E-state index is 0. The second-order valence-corrected chi connectivity index (χ2v) is 7.16.